The van der Waals surface area contributed by atoms with Gasteiger partial charge in [0.05, 0.1) is 11.8 Å². The van der Waals surface area contributed by atoms with E-state index in [0.717, 1.165) is 37.2 Å². The van der Waals surface area contributed by atoms with Crippen molar-refractivity contribution in [2.45, 2.75) is 32.8 Å². The van der Waals surface area contributed by atoms with Crippen molar-refractivity contribution in [1.29, 1.82) is 0 Å². The van der Waals surface area contributed by atoms with Gasteiger partial charge in [-0.2, -0.15) is 5.10 Å². The third-order valence-electron chi connectivity index (χ3n) is 4.73. The van der Waals surface area contributed by atoms with Crippen molar-refractivity contribution in [3.05, 3.63) is 46.2 Å². The Labute approximate surface area is 136 Å². The summed E-state index contributed by atoms with van der Waals surface area (Å²) in [6.45, 7) is 5.95. The fourth-order valence-electron chi connectivity index (χ4n) is 3.30. The lowest BCUT2D eigenvalue weighted by molar-refractivity contribution is 0.110. The molecule has 3 rings (SSSR count). The molecule has 23 heavy (non-hydrogen) atoms. The van der Waals surface area contributed by atoms with Gasteiger partial charge in [0.2, 0.25) is 0 Å². The Hall–Kier alpha value is -2.14. The SMILES string of the molecule is Cc1cc(-c2ccc(=O)[nH]n2)ccc1N1CCC(C(C)O)CC1. The maximum atomic E-state index is 11.1. The highest BCUT2D eigenvalue weighted by Crippen LogP contribution is 2.30. The van der Waals surface area contributed by atoms with E-state index >= 15 is 0 Å². The first-order chi connectivity index (χ1) is 11.0. The fraction of sp³-hybridized carbons (Fsp3) is 0.444. The van der Waals surface area contributed by atoms with Crippen molar-refractivity contribution in [2.75, 3.05) is 18.0 Å². The minimum absolute atomic E-state index is 0.192. The van der Waals surface area contributed by atoms with E-state index in [1.54, 1.807) is 6.07 Å². The van der Waals surface area contributed by atoms with Crippen LogP contribution in [0.5, 0.6) is 0 Å². The van der Waals surface area contributed by atoms with Crippen LogP contribution in [0.15, 0.2) is 35.1 Å². The quantitative estimate of drug-likeness (QED) is 0.912. The Morgan fingerprint density at radius 2 is 2.00 bits per heavy atom. The van der Waals surface area contributed by atoms with Gasteiger partial charge >= 0.3 is 0 Å². The monoisotopic (exact) mass is 313 g/mol. The largest absolute Gasteiger partial charge is 0.393 e. The number of hydrogen-bond acceptors (Lipinski definition) is 4. The van der Waals surface area contributed by atoms with E-state index in [4.69, 9.17) is 0 Å². The van der Waals surface area contributed by atoms with Gasteiger partial charge in [0.1, 0.15) is 0 Å². The standard InChI is InChI=1S/C18H23N3O2/c1-12-11-15(16-4-6-18(23)20-19-16)3-5-17(12)21-9-7-14(8-10-21)13(2)22/h3-6,11,13-14,22H,7-10H2,1-2H3,(H,20,23). The molecule has 0 spiro atoms. The molecule has 0 saturated carbocycles. The zero-order valence-electron chi connectivity index (χ0n) is 13.6. The number of aliphatic hydroxyl groups is 1. The summed E-state index contributed by atoms with van der Waals surface area (Å²) in [5.74, 6) is 0.413. The van der Waals surface area contributed by atoms with Crippen molar-refractivity contribution in [1.82, 2.24) is 10.2 Å². The second-order valence-electron chi connectivity index (χ2n) is 6.37. The second kappa shape index (κ2) is 6.54. The van der Waals surface area contributed by atoms with E-state index in [1.165, 1.54) is 17.3 Å². The van der Waals surface area contributed by atoms with Gasteiger partial charge < -0.3 is 10.0 Å². The van der Waals surface area contributed by atoms with Crippen LogP contribution >= 0.6 is 0 Å². The van der Waals surface area contributed by atoms with Crippen LogP contribution in [-0.2, 0) is 0 Å². The normalized spacial score (nSPS) is 17.3. The molecule has 0 radical (unpaired) electrons. The Morgan fingerprint density at radius 1 is 1.26 bits per heavy atom. The number of aromatic amines is 1. The molecule has 1 aromatic heterocycles. The summed E-state index contributed by atoms with van der Waals surface area (Å²) in [6.07, 6.45) is 1.84. The van der Waals surface area contributed by atoms with Gasteiger partial charge in [-0.15, -0.1) is 0 Å². The number of nitrogens with one attached hydrogen (secondary N) is 1. The molecule has 2 heterocycles. The van der Waals surface area contributed by atoms with E-state index in [2.05, 4.69) is 34.2 Å². The summed E-state index contributed by atoms with van der Waals surface area (Å²) in [4.78, 5) is 13.5. The first-order valence-electron chi connectivity index (χ1n) is 8.14. The molecule has 2 N–H and O–H groups in total. The molecule has 1 aromatic carbocycles. The molecule has 5 nitrogen and oxygen atoms in total. The summed E-state index contributed by atoms with van der Waals surface area (Å²) < 4.78 is 0. The Kier molecular flexibility index (Phi) is 4.48. The molecule has 122 valence electrons. The highest BCUT2D eigenvalue weighted by atomic mass is 16.3. The molecule has 0 aliphatic carbocycles. The van der Waals surface area contributed by atoms with Gasteiger partial charge in [-0.1, -0.05) is 6.07 Å². The number of hydrogen-bond donors (Lipinski definition) is 2. The number of aryl methyl sites for hydroxylation is 1. The van der Waals surface area contributed by atoms with E-state index in [1.807, 2.05) is 13.0 Å². The third kappa shape index (κ3) is 3.45. The van der Waals surface area contributed by atoms with Crippen LogP contribution in [0.2, 0.25) is 0 Å². The zero-order valence-corrected chi connectivity index (χ0v) is 13.6. The summed E-state index contributed by atoms with van der Waals surface area (Å²) in [5, 5.41) is 16.3. The molecule has 0 bridgehead atoms. The van der Waals surface area contributed by atoms with Gasteiger partial charge in [-0.3, -0.25) is 4.79 Å². The number of aliphatic hydroxyl groups excluding tert-OH is 1. The maximum Gasteiger partial charge on any atom is 0.264 e. The second-order valence-corrected chi connectivity index (χ2v) is 6.37. The molecule has 2 aromatic rings. The number of anilines is 1. The minimum Gasteiger partial charge on any atom is -0.393 e. The average Bonchev–Trinajstić information content (AvgIpc) is 2.55. The van der Waals surface area contributed by atoms with Gasteiger partial charge in [0, 0.05) is 30.4 Å². The van der Waals surface area contributed by atoms with Crippen LogP contribution in [-0.4, -0.2) is 34.5 Å². The summed E-state index contributed by atoms with van der Waals surface area (Å²) in [7, 11) is 0. The lowest BCUT2D eigenvalue weighted by atomic mass is 9.91. The molecule has 0 amide bonds. The van der Waals surface area contributed by atoms with Crippen molar-refractivity contribution >= 4 is 5.69 Å². The number of benzene rings is 1. The van der Waals surface area contributed by atoms with E-state index in [0.29, 0.717) is 5.92 Å². The van der Waals surface area contributed by atoms with Crippen LogP contribution in [0.25, 0.3) is 11.3 Å². The number of aromatic nitrogens is 2. The average molecular weight is 313 g/mol. The smallest absolute Gasteiger partial charge is 0.264 e. The van der Waals surface area contributed by atoms with Gasteiger partial charge in [0.15, 0.2) is 0 Å². The van der Waals surface area contributed by atoms with E-state index in [-0.39, 0.29) is 11.7 Å². The highest BCUT2D eigenvalue weighted by molar-refractivity contribution is 5.66. The Bertz CT molecular complexity index is 711. The zero-order chi connectivity index (χ0) is 16.4. The summed E-state index contributed by atoms with van der Waals surface area (Å²) in [5.41, 5.74) is 4.02. The predicted molar refractivity (Wildman–Crippen MR) is 91.6 cm³/mol. The first-order valence-corrected chi connectivity index (χ1v) is 8.14. The van der Waals surface area contributed by atoms with Gasteiger partial charge in [-0.25, -0.2) is 5.10 Å². The Morgan fingerprint density at radius 3 is 2.57 bits per heavy atom. The molecule has 1 aliphatic heterocycles. The molecule has 1 unspecified atom stereocenters. The summed E-state index contributed by atoms with van der Waals surface area (Å²) >= 11 is 0. The van der Waals surface area contributed by atoms with Gasteiger partial charge in [0.25, 0.3) is 5.56 Å². The number of piperidine rings is 1. The molecule has 1 aliphatic rings. The molecule has 5 heteroatoms. The van der Waals surface area contributed by atoms with Crippen LogP contribution in [0, 0.1) is 12.8 Å². The third-order valence-corrected chi connectivity index (χ3v) is 4.73. The molecule has 1 saturated heterocycles. The van der Waals surface area contributed by atoms with Crippen LogP contribution in [0.3, 0.4) is 0 Å². The number of rotatable bonds is 3. The van der Waals surface area contributed by atoms with E-state index < -0.39 is 0 Å². The van der Waals surface area contributed by atoms with Gasteiger partial charge in [-0.05, 0) is 56.4 Å². The van der Waals surface area contributed by atoms with E-state index in [9.17, 15) is 9.90 Å². The molecule has 1 fully saturated rings. The topological polar surface area (TPSA) is 69.2 Å². The van der Waals surface area contributed by atoms with Crippen LogP contribution < -0.4 is 10.5 Å². The predicted octanol–water partition coefficient (Wildman–Crippen LogP) is 2.34. The molecule has 1 atom stereocenters. The molecular weight excluding hydrogens is 290 g/mol. The van der Waals surface area contributed by atoms with Crippen LogP contribution in [0.1, 0.15) is 25.3 Å². The van der Waals surface area contributed by atoms with Crippen molar-refractivity contribution in [3.63, 3.8) is 0 Å². The van der Waals surface area contributed by atoms with Crippen molar-refractivity contribution < 1.29 is 5.11 Å². The minimum atomic E-state index is -0.216. The number of nitrogens with zero attached hydrogens (tertiary/aromatic N) is 2. The summed E-state index contributed by atoms with van der Waals surface area (Å²) in [6, 6.07) is 9.51. The number of H-pyrrole nitrogens is 1. The van der Waals surface area contributed by atoms with Crippen molar-refractivity contribution in [3.8, 4) is 11.3 Å². The lowest BCUT2D eigenvalue weighted by Crippen LogP contribution is -2.37. The molecular formula is C18H23N3O2. The lowest BCUT2D eigenvalue weighted by Gasteiger charge is -2.35. The van der Waals surface area contributed by atoms with Crippen molar-refractivity contribution in [2.24, 2.45) is 5.92 Å². The first kappa shape index (κ1) is 15.7. The maximum absolute atomic E-state index is 11.1. The Balaban J connectivity index is 1.78. The van der Waals surface area contributed by atoms with Crippen LogP contribution in [0.4, 0.5) is 5.69 Å². The highest BCUT2D eigenvalue weighted by Gasteiger charge is 2.23. The fourth-order valence-corrected chi connectivity index (χ4v) is 3.30.